The van der Waals surface area contributed by atoms with Gasteiger partial charge in [-0.05, 0) is 75.5 Å². The summed E-state index contributed by atoms with van der Waals surface area (Å²) in [6.07, 6.45) is 1.47. The molecule has 3 aliphatic carbocycles. The lowest BCUT2D eigenvalue weighted by Crippen LogP contribution is -2.79. The Morgan fingerprint density at radius 2 is 1.77 bits per heavy atom. The number of hydrogen-bond donors (Lipinski definition) is 4. The molecule has 1 aromatic rings. The molecule has 1 aromatic carbocycles. The average molecular weight is 656 g/mol. The molecule has 0 bridgehead atoms. The number of carbonyl (C=O) groups excluding carboxylic acids is 7. The number of primary amides is 1. The van der Waals surface area contributed by atoms with E-state index in [0.29, 0.717) is 6.08 Å². The molecule has 0 aliphatic heterocycles. The smallest absolute Gasteiger partial charge is 0.338 e. The highest BCUT2D eigenvalue weighted by molar-refractivity contribution is 6.33. The van der Waals surface area contributed by atoms with Gasteiger partial charge in [0.2, 0.25) is 5.91 Å². The zero-order valence-corrected chi connectivity index (χ0v) is 26.9. The second-order valence-corrected chi connectivity index (χ2v) is 13.0. The van der Waals surface area contributed by atoms with Crippen molar-refractivity contribution in [1.29, 1.82) is 0 Å². The lowest BCUT2D eigenvalue weighted by atomic mass is 9.42. The van der Waals surface area contributed by atoms with Crippen LogP contribution in [0.3, 0.4) is 0 Å². The molecule has 2 fully saturated rings. The van der Waals surface area contributed by atoms with Crippen LogP contribution in [0, 0.1) is 22.7 Å². The van der Waals surface area contributed by atoms with E-state index in [1.54, 1.807) is 13.8 Å². The Morgan fingerprint density at radius 1 is 1.13 bits per heavy atom. The minimum atomic E-state index is -2.96. The van der Waals surface area contributed by atoms with Gasteiger partial charge in [0.05, 0.1) is 29.7 Å². The number of nitrogens with two attached hydrogens (primary N) is 1. The van der Waals surface area contributed by atoms with Gasteiger partial charge in [-0.15, -0.1) is 0 Å². The third kappa shape index (κ3) is 5.28. The van der Waals surface area contributed by atoms with E-state index in [1.165, 1.54) is 45.0 Å². The third-order valence-electron chi connectivity index (χ3n) is 9.57. The molecule has 0 saturated heterocycles. The molecule has 4 rings (SSSR count). The van der Waals surface area contributed by atoms with Crippen LogP contribution < -0.4 is 11.1 Å². The summed E-state index contributed by atoms with van der Waals surface area (Å²) < 4.78 is 19.8. The van der Waals surface area contributed by atoms with Gasteiger partial charge >= 0.3 is 5.97 Å². The van der Waals surface area contributed by atoms with Crippen LogP contribution in [0.4, 0.5) is 4.39 Å². The monoisotopic (exact) mass is 655 g/mol. The normalized spacial score (nSPS) is 30.8. The molecule has 0 aromatic heterocycles. The van der Waals surface area contributed by atoms with Crippen molar-refractivity contribution in [2.24, 2.45) is 28.4 Å². The van der Waals surface area contributed by atoms with Gasteiger partial charge in [0, 0.05) is 12.0 Å². The minimum Gasteiger partial charge on any atom is -0.507 e. The first-order chi connectivity index (χ1) is 21.8. The highest BCUT2D eigenvalue weighted by Gasteiger charge is 2.76. The predicted octanol–water partition coefficient (Wildman–Crippen LogP) is 0.583. The highest BCUT2D eigenvalue weighted by Crippen LogP contribution is 2.61. The standard InChI is InChI=1S/C33H38FN3O10/c1-7-36-29(44)18(34)12-16(30(45)47-8-2)11-15-9-10-19(38)20-17(15)13-31(3)14-32(4)25(37(5)6)24(40)21(28(35)43)26(41)33(32,46)27(42)22(31)23(20)39/h9-12,21-22,25,38,46H,7-8,13-14H2,1-6H3,(H2,35,43)(H,36,44)/t21?,22?,25-,31+,32+,33-/m1/s1. The van der Waals surface area contributed by atoms with E-state index in [4.69, 9.17) is 10.5 Å². The summed E-state index contributed by atoms with van der Waals surface area (Å²) >= 11 is 0. The summed E-state index contributed by atoms with van der Waals surface area (Å²) in [5, 5.41) is 25.2. The second kappa shape index (κ2) is 12.2. The zero-order chi connectivity index (χ0) is 35.4. The van der Waals surface area contributed by atoms with E-state index in [-0.39, 0.29) is 42.7 Å². The molecule has 3 aliphatic rings. The lowest BCUT2D eigenvalue weighted by Gasteiger charge is -2.61. The van der Waals surface area contributed by atoms with Gasteiger partial charge in [0.1, 0.15) is 5.75 Å². The Kier molecular flexibility index (Phi) is 9.18. The van der Waals surface area contributed by atoms with Gasteiger partial charge in [-0.2, -0.15) is 0 Å². The number of carbonyl (C=O) groups is 7. The Morgan fingerprint density at radius 3 is 2.32 bits per heavy atom. The van der Waals surface area contributed by atoms with Crippen molar-refractivity contribution >= 4 is 47.0 Å². The highest BCUT2D eigenvalue weighted by atomic mass is 19.1. The van der Waals surface area contributed by atoms with Crippen molar-refractivity contribution in [3.63, 3.8) is 0 Å². The first-order valence-corrected chi connectivity index (χ1v) is 15.1. The number of esters is 1. The summed E-state index contributed by atoms with van der Waals surface area (Å²) in [6, 6.07) is 1.14. The van der Waals surface area contributed by atoms with E-state index in [1.807, 2.05) is 0 Å². The molecule has 6 atom stereocenters. The predicted molar refractivity (Wildman–Crippen MR) is 163 cm³/mol. The minimum absolute atomic E-state index is 0.0800. The molecule has 47 heavy (non-hydrogen) atoms. The molecule has 5 N–H and O–H groups in total. The maximum absolute atomic E-state index is 14.8. The number of hydrogen-bond acceptors (Lipinski definition) is 11. The van der Waals surface area contributed by atoms with Gasteiger partial charge in [-0.25, -0.2) is 9.18 Å². The van der Waals surface area contributed by atoms with Crippen molar-refractivity contribution in [2.75, 3.05) is 27.2 Å². The van der Waals surface area contributed by atoms with Crippen LogP contribution in [-0.4, -0.2) is 94.9 Å². The molecule has 2 saturated carbocycles. The van der Waals surface area contributed by atoms with Crippen LogP contribution in [0.15, 0.2) is 29.6 Å². The maximum atomic E-state index is 14.8. The molecule has 13 nitrogen and oxygen atoms in total. The van der Waals surface area contributed by atoms with Crippen molar-refractivity contribution in [3.8, 4) is 5.75 Å². The number of Topliss-reactive ketones (excluding diaryl/α,β-unsaturated/α-hetero) is 4. The number of halogens is 1. The Bertz CT molecular complexity index is 1680. The number of amides is 2. The molecule has 252 valence electrons. The number of likely N-dealkylation sites (N-methyl/N-ethyl adjacent to an activating group) is 2. The summed E-state index contributed by atoms with van der Waals surface area (Å²) in [7, 11) is 2.96. The van der Waals surface area contributed by atoms with E-state index in [2.05, 4.69) is 5.32 Å². The Balaban J connectivity index is 1.95. The molecule has 0 radical (unpaired) electrons. The van der Waals surface area contributed by atoms with Crippen LogP contribution in [0.1, 0.15) is 55.6 Å². The summed E-state index contributed by atoms with van der Waals surface area (Å²) in [6.45, 7) is 6.09. The number of nitrogens with zero attached hydrogens (tertiary/aromatic N) is 1. The molecule has 2 unspecified atom stereocenters. The van der Waals surface area contributed by atoms with Crippen molar-refractivity contribution in [3.05, 3.63) is 46.3 Å². The first-order valence-electron chi connectivity index (χ1n) is 15.1. The number of ether oxygens (including phenoxy) is 1. The van der Waals surface area contributed by atoms with Crippen LogP contribution in [0.5, 0.6) is 5.75 Å². The van der Waals surface area contributed by atoms with Gasteiger partial charge in [-0.1, -0.05) is 19.9 Å². The second-order valence-electron chi connectivity index (χ2n) is 13.0. The summed E-state index contributed by atoms with van der Waals surface area (Å²) in [5.41, 5.74) is -1.18. The quantitative estimate of drug-likeness (QED) is 0.132. The molecule has 0 spiro atoms. The fraction of sp³-hybridized carbons (Fsp3) is 0.485. The van der Waals surface area contributed by atoms with Crippen molar-refractivity contribution < 1.29 is 52.9 Å². The number of fused-ring (bicyclic) bond motifs is 3. The molecule has 0 heterocycles. The Hall–Kier alpha value is -4.56. The molecular formula is C33H38FN3O10. The van der Waals surface area contributed by atoms with Crippen LogP contribution in [-0.2, 0) is 39.9 Å². The fourth-order valence-electron chi connectivity index (χ4n) is 7.87. The van der Waals surface area contributed by atoms with Gasteiger partial charge in [0.25, 0.3) is 5.91 Å². The lowest BCUT2D eigenvalue weighted by molar-refractivity contribution is -0.203. The largest absolute Gasteiger partial charge is 0.507 e. The van der Waals surface area contributed by atoms with E-state index >= 15 is 0 Å². The number of benzene rings is 1. The van der Waals surface area contributed by atoms with E-state index in [0.717, 1.165) is 6.07 Å². The zero-order valence-electron chi connectivity index (χ0n) is 26.9. The number of rotatable bonds is 8. The van der Waals surface area contributed by atoms with Crippen molar-refractivity contribution in [1.82, 2.24) is 10.2 Å². The third-order valence-corrected chi connectivity index (χ3v) is 9.57. The molecular weight excluding hydrogens is 617 g/mol. The summed E-state index contributed by atoms with van der Waals surface area (Å²) in [4.78, 5) is 94.4. The van der Waals surface area contributed by atoms with Crippen molar-refractivity contribution in [2.45, 2.75) is 52.2 Å². The van der Waals surface area contributed by atoms with Crippen LogP contribution >= 0.6 is 0 Å². The van der Waals surface area contributed by atoms with Gasteiger partial charge in [-0.3, -0.25) is 33.7 Å². The topological polar surface area (TPSA) is 210 Å². The van der Waals surface area contributed by atoms with Gasteiger partial charge < -0.3 is 26.0 Å². The molecule has 14 heteroatoms. The first kappa shape index (κ1) is 35.3. The average Bonchev–Trinajstić information content (AvgIpc) is 2.95. The summed E-state index contributed by atoms with van der Waals surface area (Å²) in [5.74, 6) is -13.5. The number of nitrogens with one attached hydrogen (secondary N) is 1. The van der Waals surface area contributed by atoms with Gasteiger partial charge in [0.15, 0.2) is 40.5 Å². The maximum Gasteiger partial charge on any atom is 0.338 e. The number of phenolic OH excluding ortho intramolecular Hbond substituents is 1. The Labute approximate surface area is 270 Å². The van der Waals surface area contributed by atoms with Crippen LogP contribution in [0.2, 0.25) is 0 Å². The fourth-order valence-corrected chi connectivity index (χ4v) is 7.87. The van der Waals surface area contributed by atoms with E-state index in [9.17, 15) is 48.2 Å². The van der Waals surface area contributed by atoms with E-state index < -0.39 is 92.4 Å². The number of phenols is 1. The number of aliphatic hydroxyl groups is 1. The SMILES string of the molecule is CCNC(=O)C(F)=CC(=Cc1ccc(O)c2c1C[C@@]1(C)C[C@@]3(C)[C@H](N(C)C)C(=O)C(C(N)=O)C(=O)[C@@]3(O)C(=O)C1C2=O)C(=O)OCC. The number of aromatic hydroxyl groups is 1. The van der Waals surface area contributed by atoms with Crippen LogP contribution in [0.25, 0.3) is 6.08 Å². The molecule has 2 amide bonds. The number of ketones is 4.